The molecule has 0 spiro atoms. The Balaban J connectivity index is 1.64. The van der Waals surface area contributed by atoms with E-state index in [-0.39, 0.29) is 11.2 Å². The number of aromatic nitrogens is 6. The van der Waals surface area contributed by atoms with Gasteiger partial charge in [0, 0.05) is 12.4 Å². The Morgan fingerprint density at radius 3 is 2.76 bits per heavy atom. The highest BCUT2D eigenvalue weighted by atomic mass is 19.1. The standard InChI is InChI=1S/C27H18FN9O/c1-16(35-25-21(24(30)33-15-34-25)7-6-19-14-31-9-10-32-19)26-36-23-8-5-18(28)12-22(23)27(38)37(26)20-4-2-3-17(11-20)13-29/h2-5,8-12,14-16H,1H3,(H3,30,33,34,35). The molecule has 38 heavy (non-hydrogen) atoms. The maximum absolute atomic E-state index is 14.0. The molecule has 3 aromatic heterocycles. The van der Waals surface area contributed by atoms with Gasteiger partial charge in [0.25, 0.3) is 5.56 Å². The van der Waals surface area contributed by atoms with Crippen molar-refractivity contribution in [3.8, 4) is 23.6 Å². The summed E-state index contributed by atoms with van der Waals surface area (Å²) in [7, 11) is 0. The summed E-state index contributed by atoms with van der Waals surface area (Å²) in [5, 5.41) is 12.7. The predicted octanol–water partition coefficient (Wildman–Crippen LogP) is 3.13. The van der Waals surface area contributed by atoms with Gasteiger partial charge in [-0.3, -0.25) is 14.3 Å². The fourth-order valence-electron chi connectivity index (χ4n) is 3.82. The molecule has 0 radical (unpaired) electrons. The first kappa shape index (κ1) is 24.0. The van der Waals surface area contributed by atoms with Gasteiger partial charge in [-0.1, -0.05) is 12.0 Å². The fraction of sp³-hybridized carbons (Fsp3) is 0.0741. The predicted molar refractivity (Wildman–Crippen MR) is 139 cm³/mol. The highest BCUT2D eigenvalue weighted by Crippen LogP contribution is 2.24. The Morgan fingerprint density at radius 1 is 1.11 bits per heavy atom. The van der Waals surface area contributed by atoms with Gasteiger partial charge in [-0.25, -0.2) is 24.3 Å². The van der Waals surface area contributed by atoms with Gasteiger partial charge in [0.15, 0.2) is 0 Å². The number of nitrogens with one attached hydrogen (secondary N) is 1. The number of nitrogen functional groups attached to an aromatic ring is 1. The summed E-state index contributed by atoms with van der Waals surface area (Å²) in [6.07, 6.45) is 5.86. The quantitative estimate of drug-likeness (QED) is 0.353. The Labute approximate surface area is 215 Å². The van der Waals surface area contributed by atoms with Crippen LogP contribution >= 0.6 is 0 Å². The van der Waals surface area contributed by atoms with E-state index in [1.807, 2.05) is 0 Å². The minimum Gasteiger partial charge on any atom is -0.382 e. The van der Waals surface area contributed by atoms with Crippen molar-refractivity contribution >= 4 is 22.5 Å². The molecule has 0 aliphatic carbocycles. The molecule has 0 fully saturated rings. The van der Waals surface area contributed by atoms with E-state index in [9.17, 15) is 14.4 Å². The lowest BCUT2D eigenvalue weighted by Gasteiger charge is -2.21. The normalized spacial score (nSPS) is 11.3. The summed E-state index contributed by atoms with van der Waals surface area (Å²) >= 11 is 0. The van der Waals surface area contributed by atoms with Gasteiger partial charge in [-0.2, -0.15) is 5.26 Å². The van der Waals surface area contributed by atoms with Crippen molar-refractivity contribution in [1.82, 2.24) is 29.5 Å². The van der Waals surface area contributed by atoms with Crippen molar-refractivity contribution < 1.29 is 4.39 Å². The first-order chi connectivity index (χ1) is 18.4. The molecule has 2 aromatic carbocycles. The second kappa shape index (κ2) is 10.1. The van der Waals surface area contributed by atoms with Gasteiger partial charge in [-0.05, 0) is 49.2 Å². The molecule has 0 saturated carbocycles. The Morgan fingerprint density at radius 2 is 1.97 bits per heavy atom. The second-order valence-electron chi connectivity index (χ2n) is 8.12. The van der Waals surface area contributed by atoms with Crippen molar-refractivity contribution in [2.45, 2.75) is 13.0 Å². The van der Waals surface area contributed by atoms with Crippen LogP contribution in [-0.4, -0.2) is 29.5 Å². The highest BCUT2D eigenvalue weighted by molar-refractivity contribution is 5.78. The SMILES string of the molecule is CC(Nc1ncnc(N)c1C#Cc1cnccn1)c1nc2ccc(F)cc2c(=O)n1-c1cccc(C#N)c1. The van der Waals surface area contributed by atoms with Gasteiger partial charge in [0.1, 0.15) is 40.9 Å². The lowest BCUT2D eigenvalue weighted by atomic mass is 10.1. The first-order valence-corrected chi connectivity index (χ1v) is 11.3. The Hall–Kier alpha value is -5.68. The maximum atomic E-state index is 14.0. The van der Waals surface area contributed by atoms with Gasteiger partial charge >= 0.3 is 0 Å². The monoisotopic (exact) mass is 503 g/mol. The van der Waals surface area contributed by atoms with Crippen LogP contribution in [0.25, 0.3) is 16.6 Å². The molecule has 0 bridgehead atoms. The molecule has 5 rings (SSSR count). The zero-order valence-electron chi connectivity index (χ0n) is 19.9. The van der Waals surface area contributed by atoms with Crippen molar-refractivity contribution in [2.75, 3.05) is 11.1 Å². The number of halogens is 1. The van der Waals surface area contributed by atoms with E-state index in [1.165, 1.54) is 41.6 Å². The van der Waals surface area contributed by atoms with E-state index in [1.54, 1.807) is 31.2 Å². The number of hydrogen-bond acceptors (Lipinski definition) is 9. The lowest BCUT2D eigenvalue weighted by Crippen LogP contribution is -2.27. The summed E-state index contributed by atoms with van der Waals surface area (Å²) in [6.45, 7) is 1.78. The maximum Gasteiger partial charge on any atom is 0.266 e. The van der Waals surface area contributed by atoms with Gasteiger partial charge < -0.3 is 11.1 Å². The number of fused-ring (bicyclic) bond motifs is 1. The summed E-state index contributed by atoms with van der Waals surface area (Å²) < 4.78 is 15.4. The molecular formula is C27H18FN9O. The summed E-state index contributed by atoms with van der Waals surface area (Å²) in [4.78, 5) is 34.7. The fourth-order valence-corrected chi connectivity index (χ4v) is 3.82. The molecule has 1 atom stereocenters. The lowest BCUT2D eigenvalue weighted by molar-refractivity contribution is 0.629. The third-order valence-electron chi connectivity index (χ3n) is 5.59. The molecule has 5 aromatic rings. The van der Waals surface area contributed by atoms with Crippen LogP contribution in [0.5, 0.6) is 0 Å². The number of hydrogen-bond donors (Lipinski definition) is 2. The van der Waals surface area contributed by atoms with Crippen molar-refractivity contribution in [3.63, 3.8) is 0 Å². The second-order valence-corrected chi connectivity index (χ2v) is 8.12. The van der Waals surface area contributed by atoms with E-state index >= 15 is 0 Å². The number of nitrogens with zero attached hydrogens (tertiary/aromatic N) is 7. The van der Waals surface area contributed by atoms with E-state index < -0.39 is 17.4 Å². The molecular weight excluding hydrogens is 485 g/mol. The van der Waals surface area contributed by atoms with E-state index in [4.69, 9.17) is 5.73 Å². The number of rotatable bonds is 4. The minimum absolute atomic E-state index is 0.102. The van der Waals surface area contributed by atoms with Crippen LogP contribution in [-0.2, 0) is 0 Å². The zero-order valence-corrected chi connectivity index (χ0v) is 19.9. The smallest absolute Gasteiger partial charge is 0.266 e. The molecule has 0 amide bonds. The molecule has 184 valence electrons. The third kappa shape index (κ3) is 4.72. The number of benzene rings is 2. The van der Waals surface area contributed by atoms with Crippen molar-refractivity contribution in [2.24, 2.45) is 0 Å². The Bertz CT molecular complexity index is 1840. The topological polar surface area (TPSA) is 148 Å². The van der Waals surface area contributed by atoms with Crippen LogP contribution < -0.4 is 16.6 Å². The van der Waals surface area contributed by atoms with Gasteiger partial charge in [0.05, 0.1) is 40.5 Å². The highest BCUT2D eigenvalue weighted by Gasteiger charge is 2.20. The zero-order chi connectivity index (χ0) is 26.6. The average molecular weight is 504 g/mol. The van der Waals surface area contributed by atoms with Gasteiger partial charge in [0.2, 0.25) is 0 Å². The molecule has 11 heteroatoms. The molecule has 1 unspecified atom stereocenters. The number of nitrogens with two attached hydrogens (primary N) is 1. The van der Waals surface area contributed by atoms with Crippen LogP contribution in [0.1, 0.15) is 35.6 Å². The molecule has 10 nitrogen and oxygen atoms in total. The average Bonchev–Trinajstić information content (AvgIpc) is 2.93. The van der Waals surface area contributed by atoms with Gasteiger partial charge in [-0.15, -0.1) is 0 Å². The molecule has 3 N–H and O–H groups in total. The molecule has 0 saturated heterocycles. The first-order valence-electron chi connectivity index (χ1n) is 11.3. The van der Waals surface area contributed by atoms with Crippen molar-refractivity contribution in [3.05, 3.63) is 106 Å². The molecule has 0 aliphatic heterocycles. The molecule has 3 heterocycles. The van der Waals surface area contributed by atoms with Crippen LogP contribution in [0.2, 0.25) is 0 Å². The van der Waals surface area contributed by atoms with Crippen molar-refractivity contribution in [1.29, 1.82) is 5.26 Å². The third-order valence-corrected chi connectivity index (χ3v) is 5.59. The van der Waals surface area contributed by atoms with Crippen LogP contribution in [0.3, 0.4) is 0 Å². The summed E-state index contributed by atoms with van der Waals surface area (Å²) in [5.74, 6) is 6.01. The van der Waals surface area contributed by atoms with Crippen LogP contribution in [0.15, 0.2) is 72.2 Å². The van der Waals surface area contributed by atoms with E-state index in [0.717, 1.165) is 6.07 Å². The summed E-state index contributed by atoms with van der Waals surface area (Å²) in [5.41, 5.74) is 7.45. The largest absolute Gasteiger partial charge is 0.382 e. The Kier molecular flexibility index (Phi) is 6.41. The van der Waals surface area contributed by atoms with Crippen LogP contribution in [0, 0.1) is 29.0 Å². The van der Waals surface area contributed by atoms with E-state index in [2.05, 4.69) is 48.1 Å². The summed E-state index contributed by atoms with van der Waals surface area (Å²) in [6, 6.07) is 11.8. The van der Waals surface area contributed by atoms with E-state index in [0.29, 0.717) is 39.7 Å². The minimum atomic E-state index is -0.616. The number of nitriles is 1. The van der Waals surface area contributed by atoms with Crippen LogP contribution in [0.4, 0.5) is 16.0 Å². The molecule has 0 aliphatic rings. The number of anilines is 2.